The number of aliphatic hydroxyl groups is 1. The van der Waals surface area contributed by atoms with Crippen LogP contribution in [0.3, 0.4) is 0 Å². The number of carbonyl (C=O) groups is 3. The number of ether oxygens (including phenoxy) is 2. The molecule has 1 aromatic heterocycles. The lowest BCUT2D eigenvalue weighted by molar-refractivity contribution is -0.155. The average molecular weight is 536 g/mol. The number of allylic oxidation sites excluding steroid dienone is 1. The molecule has 1 aromatic carbocycles. The van der Waals surface area contributed by atoms with Crippen molar-refractivity contribution in [1.29, 1.82) is 0 Å². The number of likely N-dealkylation sites (tertiary alicyclic amines) is 1. The quantitative estimate of drug-likeness (QED) is 0.334. The van der Waals surface area contributed by atoms with Crippen LogP contribution in [0.1, 0.15) is 32.1 Å². The summed E-state index contributed by atoms with van der Waals surface area (Å²) in [5, 5.41) is 17.8. The highest BCUT2D eigenvalue weighted by molar-refractivity contribution is 5.99. The van der Waals surface area contributed by atoms with Crippen molar-refractivity contribution in [2.45, 2.75) is 56.5 Å². The molecule has 0 aliphatic carbocycles. The minimum absolute atomic E-state index is 0.0149. The van der Waals surface area contributed by atoms with E-state index in [2.05, 4.69) is 10.3 Å². The molecule has 5 heterocycles. The number of carbonyl (C=O) groups excluding carboxylic acids is 3. The monoisotopic (exact) mass is 535 g/mol. The topological polar surface area (TPSA) is 127 Å². The third-order valence-electron chi connectivity index (χ3n) is 8.22. The Balaban J connectivity index is 1.38. The molecule has 2 amide bonds. The van der Waals surface area contributed by atoms with Crippen molar-refractivity contribution in [3.63, 3.8) is 0 Å². The summed E-state index contributed by atoms with van der Waals surface area (Å²) in [6.07, 6.45) is 10.3. The number of fused-ring (bicyclic) bond motifs is 3. The Kier molecular flexibility index (Phi) is 6.94. The largest absolute Gasteiger partial charge is 0.465 e. The molecule has 2 aromatic rings. The molecular weight excluding hydrogens is 502 g/mol. The van der Waals surface area contributed by atoms with Gasteiger partial charge in [-0.15, -0.1) is 5.10 Å². The molecule has 1 spiro atoms. The molecule has 2 saturated heterocycles. The van der Waals surface area contributed by atoms with E-state index in [0.29, 0.717) is 19.4 Å². The molecule has 0 radical (unpaired) electrons. The van der Waals surface area contributed by atoms with Crippen LogP contribution in [0, 0.1) is 11.8 Å². The van der Waals surface area contributed by atoms with E-state index in [4.69, 9.17) is 9.47 Å². The summed E-state index contributed by atoms with van der Waals surface area (Å²) in [6, 6.07) is 6.56. The van der Waals surface area contributed by atoms with Gasteiger partial charge in [-0.05, 0) is 44.2 Å². The Morgan fingerprint density at radius 3 is 2.82 bits per heavy atom. The zero-order valence-electron chi connectivity index (χ0n) is 21.7. The molecule has 1 N–H and O–H groups in total. The number of cyclic esters (lactones) is 1. The van der Waals surface area contributed by atoms with Crippen molar-refractivity contribution in [3.05, 3.63) is 48.6 Å². The summed E-state index contributed by atoms with van der Waals surface area (Å²) in [4.78, 5) is 44.9. The fourth-order valence-electron chi connectivity index (χ4n) is 6.41. The fourth-order valence-corrected chi connectivity index (χ4v) is 6.41. The molecule has 4 aliphatic rings. The van der Waals surface area contributed by atoms with Crippen LogP contribution < -0.4 is 0 Å². The lowest BCUT2D eigenvalue weighted by Gasteiger charge is -2.35. The van der Waals surface area contributed by atoms with Crippen LogP contribution in [0.5, 0.6) is 0 Å². The molecule has 2 fully saturated rings. The van der Waals surface area contributed by atoms with E-state index < -0.39 is 35.6 Å². The predicted molar refractivity (Wildman–Crippen MR) is 139 cm³/mol. The van der Waals surface area contributed by atoms with Crippen LogP contribution in [-0.4, -0.2) is 91.7 Å². The third-order valence-corrected chi connectivity index (χ3v) is 8.22. The van der Waals surface area contributed by atoms with E-state index in [-0.39, 0.29) is 38.2 Å². The minimum Gasteiger partial charge on any atom is -0.465 e. The fraction of sp³-hybridized carbons (Fsp3) is 0.536. The second-order valence-electron chi connectivity index (χ2n) is 10.6. The average Bonchev–Trinajstić information content (AvgIpc) is 3.53. The van der Waals surface area contributed by atoms with Crippen molar-refractivity contribution in [2.75, 3.05) is 26.3 Å². The van der Waals surface area contributed by atoms with Crippen LogP contribution in [0.2, 0.25) is 0 Å². The van der Waals surface area contributed by atoms with Gasteiger partial charge in [0.15, 0.2) is 0 Å². The molecule has 1 unspecified atom stereocenters. The standard InChI is InChI=1S/C28H33N5O6/c34-16-7-6-15-32-24-26(36)31(18-33-20-11-5-4-10-19(20)29-30-33)14-9-13-28(24)23(25(32)35)22-21(39-28)12-3-1-2-8-17-38-27(22)37/h3-5,9-13,21-24,34H,1-2,6-8,14-18H2/b12-3-/t21-,22+,23-,24?,28-/m0/s1. The number of hydrogen-bond acceptors (Lipinski definition) is 8. The molecule has 11 nitrogen and oxygen atoms in total. The lowest BCUT2D eigenvalue weighted by Crippen LogP contribution is -2.55. The first-order chi connectivity index (χ1) is 19.0. The van der Waals surface area contributed by atoms with Gasteiger partial charge in [-0.3, -0.25) is 14.4 Å². The Morgan fingerprint density at radius 1 is 1.08 bits per heavy atom. The van der Waals surface area contributed by atoms with Gasteiger partial charge in [0.05, 0.1) is 24.1 Å². The Bertz CT molecular complexity index is 1320. The molecule has 0 bridgehead atoms. The number of amides is 2. The maximum atomic E-state index is 14.3. The predicted octanol–water partition coefficient (Wildman–Crippen LogP) is 1.42. The van der Waals surface area contributed by atoms with Gasteiger partial charge < -0.3 is 24.4 Å². The van der Waals surface area contributed by atoms with E-state index in [0.717, 1.165) is 30.3 Å². The zero-order valence-corrected chi connectivity index (χ0v) is 21.7. The SMILES string of the molecule is O=C1OCCCC/C=C\[C@@H]2O[C@]34C=CCN(Cn5nnc6ccccc65)C(=O)C3N(CCCCO)C(=O)[C@@H]4[C@H]12. The number of nitrogens with zero attached hydrogens (tertiary/aromatic N) is 5. The Labute approximate surface area is 226 Å². The Hall–Kier alpha value is -3.57. The molecule has 4 aliphatic heterocycles. The van der Waals surface area contributed by atoms with Gasteiger partial charge in [0.1, 0.15) is 29.7 Å². The van der Waals surface area contributed by atoms with Crippen molar-refractivity contribution < 1.29 is 29.0 Å². The minimum atomic E-state index is -1.31. The zero-order chi connectivity index (χ0) is 27.0. The number of hydrogen-bond donors (Lipinski definition) is 1. The number of aromatic nitrogens is 3. The highest BCUT2D eigenvalue weighted by Gasteiger charge is 2.71. The molecule has 0 saturated carbocycles. The van der Waals surface area contributed by atoms with E-state index >= 15 is 0 Å². The third kappa shape index (κ3) is 4.33. The first kappa shape index (κ1) is 25.7. The van der Waals surface area contributed by atoms with Crippen LogP contribution in [-0.2, 0) is 30.5 Å². The highest BCUT2D eigenvalue weighted by atomic mass is 16.6. The summed E-state index contributed by atoms with van der Waals surface area (Å²) in [5.41, 5.74) is 0.212. The van der Waals surface area contributed by atoms with Gasteiger partial charge in [-0.25, -0.2) is 4.68 Å². The number of rotatable bonds is 6. The van der Waals surface area contributed by atoms with E-state index in [1.54, 1.807) is 14.5 Å². The normalized spacial score (nSPS) is 31.6. The number of benzene rings is 1. The van der Waals surface area contributed by atoms with E-state index in [1.807, 2.05) is 48.6 Å². The van der Waals surface area contributed by atoms with Crippen LogP contribution >= 0.6 is 0 Å². The number of para-hydroxylation sites is 1. The van der Waals surface area contributed by atoms with Gasteiger partial charge in [0.25, 0.3) is 5.91 Å². The summed E-state index contributed by atoms with van der Waals surface area (Å²) in [5.74, 6) is -2.76. The number of aliphatic hydroxyl groups excluding tert-OH is 1. The van der Waals surface area contributed by atoms with Gasteiger partial charge in [-0.1, -0.05) is 41.7 Å². The van der Waals surface area contributed by atoms with E-state index in [1.165, 1.54) is 0 Å². The van der Waals surface area contributed by atoms with Crippen molar-refractivity contribution in [2.24, 2.45) is 11.8 Å². The molecule has 5 atom stereocenters. The highest BCUT2D eigenvalue weighted by Crippen LogP contribution is 2.53. The van der Waals surface area contributed by atoms with Crippen LogP contribution in [0.15, 0.2) is 48.6 Å². The van der Waals surface area contributed by atoms with Gasteiger partial charge in [0.2, 0.25) is 5.91 Å². The second kappa shape index (κ2) is 10.5. The first-order valence-corrected chi connectivity index (χ1v) is 13.7. The second-order valence-corrected chi connectivity index (χ2v) is 10.6. The summed E-state index contributed by atoms with van der Waals surface area (Å²) in [7, 11) is 0. The lowest BCUT2D eigenvalue weighted by atomic mass is 9.78. The van der Waals surface area contributed by atoms with Crippen molar-refractivity contribution >= 4 is 28.8 Å². The smallest absolute Gasteiger partial charge is 0.312 e. The Morgan fingerprint density at radius 2 is 1.95 bits per heavy atom. The van der Waals surface area contributed by atoms with Crippen molar-refractivity contribution in [1.82, 2.24) is 24.8 Å². The first-order valence-electron chi connectivity index (χ1n) is 13.7. The van der Waals surface area contributed by atoms with Crippen molar-refractivity contribution in [3.8, 4) is 0 Å². The molecule has 6 rings (SSSR count). The van der Waals surface area contributed by atoms with E-state index in [9.17, 15) is 19.5 Å². The number of esters is 1. The summed E-state index contributed by atoms with van der Waals surface area (Å²) >= 11 is 0. The van der Waals surface area contributed by atoms with Crippen LogP contribution in [0.25, 0.3) is 11.0 Å². The molecule has 206 valence electrons. The summed E-state index contributed by atoms with van der Waals surface area (Å²) < 4.78 is 13.9. The van der Waals surface area contributed by atoms with Crippen LogP contribution in [0.4, 0.5) is 0 Å². The maximum absolute atomic E-state index is 14.3. The number of unbranched alkanes of at least 4 members (excludes halogenated alkanes) is 1. The van der Waals surface area contributed by atoms with Gasteiger partial charge in [-0.2, -0.15) is 0 Å². The molecule has 39 heavy (non-hydrogen) atoms. The van der Waals surface area contributed by atoms with Gasteiger partial charge in [0, 0.05) is 19.7 Å². The molecule has 11 heteroatoms. The summed E-state index contributed by atoms with van der Waals surface area (Å²) in [6.45, 7) is 0.985. The maximum Gasteiger partial charge on any atom is 0.312 e. The van der Waals surface area contributed by atoms with Gasteiger partial charge >= 0.3 is 5.97 Å². The molecular formula is C28H33N5O6.